The molecule has 3 nitrogen and oxygen atoms in total. The molecule has 106 valence electrons. The van der Waals surface area contributed by atoms with Crippen LogP contribution < -0.4 is 5.32 Å². The van der Waals surface area contributed by atoms with Crippen molar-refractivity contribution in [2.24, 2.45) is 0 Å². The SMILES string of the molecule is Cc1csc(CNC(=O)CCc2ccc(C)c(Cl)c2)n1. The summed E-state index contributed by atoms with van der Waals surface area (Å²) in [6.07, 6.45) is 1.16. The molecule has 0 aliphatic carbocycles. The summed E-state index contributed by atoms with van der Waals surface area (Å²) < 4.78 is 0. The maximum atomic E-state index is 11.8. The Kier molecular flexibility index (Phi) is 5.15. The van der Waals surface area contributed by atoms with Crippen LogP contribution in [0.4, 0.5) is 0 Å². The van der Waals surface area contributed by atoms with Crippen LogP contribution in [-0.2, 0) is 17.8 Å². The van der Waals surface area contributed by atoms with E-state index in [1.165, 1.54) is 0 Å². The molecule has 20 heavy (non-hydrogen) atoms. The topological polar surface area (TPSA) is 42.0 Å². The van der Waals surface area contributed by atoms with Crippen LogP contribution >= 0.6 is 22.9 Å². The largest absolute Gasteiger partial charge is 0.350 e. The number of amides is 1. The lowest BCUT2D eigenvalue weighted by molar-refractivity contribution is -0.121. The third-order valence-corrected chi connectivity index (χ3v) is 4.35. The number of aryl methyl sites for hydroxylation is 3. The zero-order valence-electron chi connectivity index (χ0n) is 11.6. The van der Waals surface area contributed by atoms with E-state index in [9.17, 15) is 4.79 Å². The molecule has 0 aliphatic rings. The average Bonchev–Trinajstić information content (AvgIpc) is 2.83. The van der Waals surface area contributed by atoms with E-state index in [0.717, 1.165) is 26.9 Å². The number of carbonyl (C=O) groups excluding carboxylic acids is 1. The fourth-order valence-electron chi connectivity index (χ4n) is 1.80. The first-order valence-electron chi connectivity index (χ1n) is 6.47. The number of hydrogen-bond donors (Lipinski definition) is 1. The van der Waals surface area contributed by atoms with Gasteiger partial charge >= 0.3 is 0 Å². The highest BCUT2D eigenvalue weighted by molar-refractivity contribution is 7.09. The zero-order chi connectivity index (χ0) is 14.5. The van der Waals surface area contributed by atoms with Gasteiger partial charge < -0.3 is 5.32 Å². The predicted molar refractivity (Wildman–Crippen MR) is 83.2 cm³/mol. The number of nitrogens with zero attached hydrogens (tertiary/aromatic N) is 1. The highest BCUT2D eigenvalue weighted by Gasteiger charge is 2.05. The molecule has 0 aliphatic heterocycles. The van der Waals surface area contributed by atoms with E-state index < -0.39 is 0 Å². The van der Waals surface area contributed by atoms with Gasteiger partial charge in [-0.15, -0.1) is 11.3 Å². The Morgan fingerprint density at radius 3 is 2.85 bits per heavy atom. The molecule has 5 heteroatoms. The summed E-state index contributed by atoms with van der Waals surface area (Å²) in [6.45, 7) is 4.42. The van der Waals surface area contributed by atoms with Crippen LogP contribution in [0.15, 0.2) is 23.6 Å². The summed E-state index contributed by atoms with van der Waals surface area (Å²) in [6, 6.07) is 5.92. The van der Waals surface area contributed by atoms with Gasteiger partial charge in [0.25, 0.3) is 0 Å². The van der Waals surface area contributed by atoms with Gasteiger partial charge in [-0.25, -0.2) is 4.98 Å². The lowest BCUT2D eigenvalue weighted by atomic mass is 10.1. The molecule has 1 amide bonds. The van der Waals surface area contributed by atoms with Gasteiger partial charge in [-0.05, 0) is 37.5 Å². The van der Waals surface area contributed by atoms with E-state index in [0.29, 0.717) is 19.4 Å². The lowest BCUT2D eigenvalue weighted by Gasteiger charge is -2.05. The standard InChI is InChI=1S/C15H17ClN2OS/c1-10-3-4-12(7-13(10)16)5-6-14(19)17-8-15-18-11(2)9-20-15/h3-4,7,9H,5-6,8H2,1-2H3,(H,17,19). The average molecular weight is 309 g/mol. The summed E-state index contributed by atoms with van der Waals surface area (Å²) >= 11 is 7.63. The first-order chi connectivity index (χ1) is 9.54. The van der Waals surface area contributed by atoms with Gasteiger partial charge in [0.1, 0.15) is 5.01 Å². The number of nitrogens with one attached hydrogen (secondary N) is 1. The monoisotopic (exact) mass is 308 g/mol. The molecule has 0 atom stereocenters. The molecule has 0 bridgehead atoms. The number of carbonyl (C=O) groups is 1. The first-order valence-corrected chi connectivity index (χ1v) is 7.73. The van der Waals surface area contributed by atoms with Gasteiger partial charge in [-0.2, -0.15) is 0 Å². The van der Waals surface area contributed by atoms with Gasteiger partial charge in [0, 0.05) is 22.5 Å². The van der Waals surface area contributed by atoms with Gasteiger partial charge in [0.05, 0.1) is 6.54 Å². The van der Waals surface area contributed by atoms with Crippen molar-refractivity contribution in [2.75, 3.05) is 0 Å². The van der Waals surface area contributed by atoms with Crippen molar-refractivity contribution in [1.29, 1.82) is 0 Å². The van der Waals surface area contributed by atoms with Crippen LogP contribution in [0.2, 0.25) is 5.02 Å². The van der Waals surface area contributed by atoms with E-state index in [-0.39, 0.29) is 5.91 Å². The van der Waals surface area contributed by atoms with Crippen molar-refractivity contribution in [2.45, 2.75) is 33.2 Å². The molecule has 0 radical (unpaired) electrons. The molecule has 1 aromatic carbocycles. The molecule has 0 fully saturated rings. The Balaban J connectivity index is 1.78. The number of rotatable bonds is 5. The first kappa shape index (κ1) is 15.0. The van der Waals surface area contributed by atoms with Crippen LogP contribution in [0.1, 0.15) is 28.2 Å². The summed E-state index contributed by atoms with van der Waals surface area (Å²) in [5, 5.41) is 6.56. The van der Waals surface area contributed by atoms with Crippen LogP contribution in [0.5, 0.6) is 0 Å². The smallest absolute Gasteiger partial charge is 0.220 e. The van der Waals surface area contributed by atoms with Gasteiger partial charge in [0.2, 0.25) is 5.91 Å². The second-order valence-electron chi connectivity index (χ2n) is 4.74. The number of thiazole rings is 1. The zero-order valence-corrected chi connectivity index (χ0v) is 13.1. The van der Waals surface area contributed by atoms with Crippen LogP contribution in [-0.4, -0.2) is 10.9 Å². The molecule has 0 unspecified atom stereocenters. The predicted octanol–water partition coefficient (Wildman–Crippen LogP) is 3.66. The van der Waals surface area contributed by atoms with Crippen molar-refractivity contribution >= 4 is 28.8 Å². The van der Waals surface area contributed by atoms with Crippen molar-refractivity contribution in [3.8, 4) is 0 Å². The Morgan fingerprint density at radius 1 is 1.40 bits per heavy atom. The van der Waals surface area contributed by atoms with Crippen molar-refractivity contribution in [1.82, 2.24) is 10.3 Å². The Hall–Kier alpha value is -1.39. The third-order valence-electron chi connectivity index (χ3n) is 2.98. The van der Waals surface area contributed by atoms with E-state index >= 15 is 0 Å². The maximum absolute atomic E-state index is 11.8. The number of benzene rings is 1. The molecular formula is C15H17ClN2OS. The van der Waals surface area contributed by atoms with Crippen LogP contribution in [0.25, 0.3) is 0 Å². The summed E-state index contributed by atoms with van der Waals surface area (Å²) in [5.74, 6) is 0.0366. The van der Waals surface area contributed by atoms with E-state index in [1.807, 2.05) is 37.4 Å². The molecule has 0 spiro atoms. The van der Waals surface area contributed by atoms with E-state index in [1.54, 1.807) is 11.3 Å². The van der Waals surface area contributed by atoms with Crippen molar-refractivity contribution in [3.63, 3.8) is 0 Å². The Bertz CT molecular complexity index is 610. The number of aromatic nitrogens is 1. The van der Waals surface area contributed by atoms with Crippen molar-refractivity contribution < 1.29 is 4.79 Å². The second kappa shape index (κ2) is 6.86. The fourth-order valence-corrected chi connectivity index (χ4v) is 2.71. The molecule has 0 saturated heterocycles. The molecule has 1 heterocycles. The van der Waals surface area contributed by atoms with E-state index in [4.69, 9.17) is 11.6 Å². The number of hydrogen-bond acceptors (Lipinski definition) is 3. The minimum atomic E-state index is 0.0366. The molecular weight excluding hydrogens is 292 g/mol. The minimum absolute atomic E-state index is 0.0366. The van der Waals surface area contributed by atoms with Crippen LogP contribution in [0.3, 0.4) is 0 Å². The maximum Gasteiger partial charge on any atom is 0.220 e. The quantitative estimate of drug-likeness (QED) is 0.916. The molecule has 2 rings (SSSR count). The minimum Gasteiger partial charge on any atom is -0.350 e. The highest BCUT2D eigenvalue weighted by atomic mass is 35.5. The van der Waals surface area contributed by atoms with Gasteiger partial charge in [0.15, 0.2) is 0 Å². The molecule has 1 aromatic heterocycles. The van der Waals surface area contributed by atoms with Crippen LogP contribution in [0, 0.1) is 13.8 Å². The normalized spacial score (nSPS) is 10.6. The molecule has 2 aromatic rings. The Labute approximate surface area is 128 Å². The van der Waals surface area contributed by atoms with Crippen molar-refractivity contribution in [3.05, 3.63) is 50.4 Å². The number of halogens is 1. The summed E-state index contributed by atoms with van der Waals surface area (Å²) in [5.41, 5.74) is 3.13. The van der Waals surface area contributed by atoms with Gasteiger partial charge in [-0.3, -0.25) is 4.79 Å². The molecule has 0 saturated carbocycles. The molecule has 1 N–H and O–H groups in total. The fraction of sp³-hybridized carbons (Fsp3) is 0.333. The summed E-state index contributed by atoms with van der Waals surface area (Å²) in [4.78, 5) is 16.1. The highest BCUT2D eigenvalue weighted by Crippen LogP contribution is 2.17. The Morgan fingerprint density at radius 2 is 2.20 bits per heavy atom. The van der Waals surface area contributed by atoms with Gasteiger partial charge in [-0.1, -0.05) is 23.7 Å². The second-order valence-corrected chi connectivity index (χ2v) is 6.09. The van der Waals surface area contributed by atoms with E-state index in [2.05, 4.69) is 10.3 Å². The third kappa shape index (κ3) is 4.32. The summed E-state index contributed by atoms with van der Waals surface area (Å²) in [7, 11) is 0. The lowest BCUT2D eigenvalue weighted by Crippen LogP contribution is -2.22.